The lowest BCUT2D eigenvalue weighted by atomic mass is 9.83. The Balaban J connectivity index is 1.70. The Hall–Kier alpha value is -3.43. The molecule has 0 spiro atoms. The molecule has 0 radical (unpaired) electrons. The molecule has 3 aromatic carbocycles. The molecule has 0 amide bonds. The normalized spacial score (nSPS) is 15.8. The van der Waals surface area contributed by atoms with Crippen LogP contribution in [0.3, 0.4) is 0 Å². The Bertz CT molecular complexity index is 1290. The van der Waals surface area contributed by atoms with E-state index in [9.17, 15) is 0 Å². The largest absolute Gasteiger partial charge is 0.384 e. The highest BCUT2D eigenvalue weighted by Crippen LogP contribution is 2.37. The molecule has 1 aliphatic rings. The highest BCUT2D eigenvalue weighted by Gasteiger charge is 2.20. The van der Waals surface area contributed by atoms with Gasteiger partial charge < -0.3 is 9.64 Å². The first kappa shape index (κ1) is 28.6. The van der Waals surface area contributed by atoms with Crippen LogP contribution in [-0.4, -0.2) is 39.1 Å². The van der Waals surface area contributed by atoms with Crippen molar-refractivity contribution in [1.82, 2.24) is 0 Å². The quantitative estimate of drug-likeness (QED) is 0.223. The van der Waals surface area contributed by atoms with Crippen LogP contribution >= 0.6 is 0 Å². The number of anilines is 1. The van der Waals surface area contributed by atoms with Gasteiger partial charge in [-0.15, -0.1) is 0 Å². The number of hydrogen-bond donors (Lipinski definition) is 0. The summed E-state index contributed by atoms with van der Waals surface area (Å²) in [7, 11) is 1.78. The molecule has 3 nitrogen and oxygen atoms in total. The summed E-state index contributed by atoms with van der Waals surface area (Å²) < 4.78 is 5.28. The third kappa shape index (κ3) is 7.16. The van der Waals surface area contributed by atoms with Crippen LogP contribution in [0.1, 0.15) is 67.9 Å². The van der Waals surface area contributed by atoms with E-state index in [1.54, 1.807) is 7.11 Å². The van der Waals surface area contributed by atoms with Crippen molar-refractivity contribution in [3.05, 3.63) is 113 Å². The van der Waals surface area contributed by atoms with Crippen LogP contribution < -0.4 is 4.90 Å². The van der Waals surface area contributed by atoms with Crippen molar-refractivity contribution in [3.63, 3.8) is 0 Å². The second-order valence-corrected chi connectivity index (χ2v) is 10.6. The van der Waals surface area contributed by atoms with Crippen LogP contribution in [0.25, 0.3) is 11.1 Å². The van der Waals surface area contributed by atoms with Gasteiger partial charge in [0, 0.05) is 44.6 Å². The number of hydrogen-bond acceptors (Lipinski definition) is 3. The van der Waals surface area contributed by atoms with Crippen molar-refractivity contribution in [2.24, 2.45) is 10.9 Å². The molecule has 0 fully saturated rings. The third-order valence-electron chi connectivity index (χ3n) is 7.63. The number of allylic oxidation sites excluding steroid dienone is 3. The molecule has 0 saturated heterocycles. The third-order valence-corrected chi connectivity index (χ3v) is 7.63. The smallest absolute Gasteiger partial charge is 0.0653 e. The summed E-state index contributed by atoms with van der Waals surface area (Å²) in [6, 6.07) is 26.7. The Morgan fingerprint density at radius 2 is 1.46 bits per heavy atom. The van der Waals surface area contributed by atoms with E-state index >= 15 is 0 Å². The van der Waals surface area contributed by atoms with Gasteiger partial charge in [-0.2, -0.15) is 0 Å². The van der Waals surface area contributed by atoms with Gasteiger partial charge in [0.1, 0.15) is 0 Å². The Kier molecular flexibility index (Phi) is 10.3. The first-order valence-corrected chi connectivity index (χ1v) is 14.5. The number of rotatable bonds is 12. The molecule has 0 aliphatic heterocycles. The van der Waals surface area contributed by atoms with Crippen molar-refractivity contribution >= 4 is 22.5 Å². The molecule has 4 rings (SSSR count). The van der Waals surface area contributed by atoms with E-state index in [1.165, 1.54) is 57.5 Å². The average molecular weight is 521 g/mol. The monoisotopic (exact) mass is 520 g/mol. The van der Waals surface area contributed by atoms with E-state index < -0.39 is 0 Å². The molecule has 1 atom stereocenters. The van der Waals surface area contributed by atoms with Crippen LogP contribution in [-0.2, 0) is 4.74 Å². The lowest BCUT2D eigenvalue weighted by Gasteiger charge is -2.23. The van der Waals surface area contributed by atoms with E-state index in [-0.39, 0.29) is 0 Å². The van der Waals surface area contributed by atoms with Crippen LogP contribution in [0.5, 0.6) is 0 Å². The number of methoxy groups -OCH3 is 1. The molecule has 39 heavy (non-hydrogen) atoms. The second-order valence-electron chi connectivity index (χ2n) is 10.6. The van der Waals surface area contributed by atoms with Gasteiger partial charge in [0.15, 0.2) is 0 Å². The summed E-state index contributed by atoms with van der Waals surface area (Å²) in [5.41, 5.74) is 11.1. The standard InChI is InChI=1S/C36H44N2O/c1-6-38(7-2)31-21-19-30(20-22-31)36(29-17-15-27(3)16-18-29)34-23-24-35(33-14-9-8-13-32(33)34)37-25-11-10-12-28(4)26-39-5/h8-9,13-24,28H,6-7,10-12,25-26H2,1-5H3. The van der Waals surface area contributed by atoms with Crippen molar-refractivity contribution < 1.29 is 4.74 Å². The number of aliphatic imine (C=N–C) groups is 1. The molecule has 1 aliphatic carbocycles. The minimum absolute atomic E-state index is 0.604. The lowest BCUT2D eigenvalue weighted by molar-refractivity contribution is 0.154. The molecule has 0 saturated carbocycles. The maximum Gasteiger partial charge on any atom is 0.0653 e. The summed E-state index contributed by atoms with van der Waals surface area (Å²) in [6.07, 6.45) is 7.95. The van der Waals surface area contributed by atoms with Gasteiger partial charge in [0.2, 0.25) is 0 Å². The number of benzene rings is 3. The number of unbranched alkanes of at least 4 members (excludes halogenated alkanes) is 1. The zero-order valence-corrected chi connectivity index (χ0v) is 24.4. The van der Waals surface area contributed by atoms with Gasteiger partial charge in [0.25, 0.3) is 0 Å². The van der Waals surface area contributed by atoms with Gasteiger partial charge in [-0.1, -0.05) is 85.6 Å². The van der Waals surface area contributed by atoms with Gasteiger partial charge in [-0.25, -0.2) is 0 Å². The molecule has 0 N–H and O–H groups in total. The van der Waals surface area contributed by atoms with Crippen molar-refractivity contribution in [1.29, 1.82) is 0 Å². The number of ether oxygens (including phenoxy) is 1. The summed E-state index contributed by atoms with van der Waals surface area (Å²) in [6.45, 7) is 12.5. The molecule has 0 heterocycles. The Morgan fingerprint density at radius 3 is 2.10 bits per heavy atom. The maximum absolute atomic E-state index is 5.28. The van der Waals surface area contributed by atoms with E-state index in [0.29, 0.717) is 5.92 Å². The van der Waals surface area contributed by atoms with Crippen LogP contribution in [0.4, 0.5) is 5.69 Å². The fourth-order valence-electron chi connectivity index (χ4n) is 5.44. The summed E-state index contributed by atoms with van der Waals surface area (Å²) in [4.78, 5) is 7.43. The van der Waals surface area contributed by atoms with Gasteiger partial charge >= 0.3 is 0 Å². The van der Waals surface area contributed by atoms with Gasteiger partial charge in [-0.05, 0) is 85.6 Å². The Morgan fingerprint density at radius 1 is 0.821 bits per heavy atom. The van der Waals surface area contributed by atoms with E-state index in [4.69, 9.17) is 9.73 Å². The zero-order valence-electron chi connectivity index (χ0n) is 24.4. The van der Waals surface area contributed by atoms with E-state index in [1.807, 2.05) is 0 Å². The van der Waals surface area contributed by atoms with E-state index in [0.717, 1.165) is 38.4 Å². The molecule has 0 bridgehead atoms. The number of nitrogens with zero attached hydrogens (tertiary/aromatic N) is 2. The maximum atomic E-state index is 5.28. The van der Waals surface area contributed by atoms with Crippen LogP contribution in [0.15, 0.2) is 89.9 Å². The molecule has 1 unspecified atom stereocenters. The Labute approximate surface area is 235 Å². The van der Waals surface area contributed by atoms with Crippen molar-refractivity contribution in [2.45, 2.75) is 47.0 Å². The highest BCUT2D eigenvalue weighted by atomic mass is 16.5. The van der Waals surface area contributed by atoms with Crippen LogP contribution in [0, 0.1) is 12.8 Å². The molecular weight excluding hydrogens is 476 g/mol. The minimum atomic E-state index is 0.604. The SMILES string of the molecule is CCN(CC)c1ccc(C(=C2C=CC(=NCCCCC(C)COC)c3ccccc32)c2ccc(C)cc2)cc1. The average Bonchev–Trinajstić information content (AvgIpc) is 2.96. The molecule has 204 valence electrons. The van der Waals surface area contributed by atoms with Crippen molar-refractivity contribution in [3.8, 4) is 0 Å². The lowest BCUT2D eigenvalue weighted by Crippen LogP contribution is -2.21. The fourth-order valence-corrected chi connectivity index (χ4v) is 5.44. The van der Waals surface area contributed by atoms with E-state index in [2.05, 4.69) is 118 Å². The molecular formula is C36H44N2O. The zero-order chi connectivity index (χ0) is 27.6. The second kappa shape index (κ2) is 14.1. The number of aryl methyl sites for hydroxylation is 1. The summed E-state index contributed by atoms with van der Waals surface area (Å²) in [5, 5.41) is 0. The predicted octanol–water partition coefficient (Wildman–Crippen LogP) is 8.61. The highest BCUT2D eigenvalue weighted by molar-refractivity contribution is 6.19. The molecule has 0 aromatic heterocycles. The molecule has 3 aromatic rings. The first-order chi connectivity index (χ1) is 19.0. The first-order valence-electron chi connectivity index (χ1n) is 14.5. The molecule has 3 heteroatoms. The predicted molar refractivity (Wildman–Crippen MR) is 169 cm³/mol. The minimum Gasteiger partial charge on any atom is -0.384 e. The summed E-state index contributed by atoms with van der Waals surface area (Å²) >= 11 is 0. The number of fused-ring (bicyclic) bond motifs is 1. The van der Waals surface area contributed by atoms with Gasteiger partial charge in [0.05, 0.1) is 5.71 Å². The van der Waals surface area contributed by atoms with Gasteiger partial charge in [-0.3, -0.25) is 4.99 Å². The topological polar surface area (TPSA) is 24.8 Å². The fraction of sp³-hybridized carbons (Fsp3) is 0.361. The summed E-state index contributed by atoms with van der Waals surface area (Å²) in [5.74, 6) is 0.604. The van der Waals surface area contributed by atoms with Crippen molar-refractivity contribution in [2.75, 3.05) is 38.3 Å². The van der Waals surface area contributed by atoms with Crippen LogP contribution in [0.2, 0.25) is 0 Å².